The molecule has 0 atom stereocenters. The molecule has 0 aromatic heterocycles. The van der Waals surface area contributed by atoms with Crippen LogP contribution in [-0.4, -0.2) is 0 Å². The summed E-state index contributed by atoms with van der Waals surface area (Å²) in [5.41, 5.74) is 19.3. The van der Waals surface area contributed by atoms with Gasteiger partial charge in [-0.2, -0.15) is 0 Å². The monoisotopic (exact) mass is 799 g/mol. The zero-order chi connectivity index (χ0) is 42.2. The van der Waals surface area contributed by atoms with Gasteiger partial charge in [-0.3, -0.25) is 0 Å². The SMILES string of the molecule is Cc1ccc(N(c2ccc(C)cc2)c2ccc(C3(c4ccc(N(c5ccc(C)cc5)c5ccc(C)cc5)cc4)c4ccccc4N(c4ccccc4)c4ccccc43)cc2)cc1. The predicted octanol–water partition coefficient (Wildman–Crippen LogP) is 16.0. The highest BCUT2D eigenvalue weighted by atomic mass is 15.2. The molecule has 0 bridgehead atoms. The number of benzene rings is 9. The Labute approximate surface area is 366 Å². The van der Waals surface area contributed by atoms with E-state index >= 15 is 0 Å². The van der Waals surface area contributed by atoms with Crippen LogP contribution in [-0.2, 0) is 5.41 Å². The molecule has 9 aromatic rings. The number of aryl methyl sites for hydroxylation is 4. The molecule has 9 aromatic carbocycles. The smallest absolute Gasteiger partial charge is 0.0742 e. The quantitative estimate of drug-likeness (QED) is 0.144. The molecule has 0 radical (unpaired) electrons. The van der Waals surface area contributed by atoms with Crippen molar-refractivity contribution in [2.24, 2.45) is 0 Å². The average Bonchev–Trinajstić information content (AvgIpc) is 3.32. The molecule has 3 nitrogen and oxygen atoms in total. The van der Waals surface area contributed by atoms with Crippen molar-refractivity contribution < 1.29 is 0 Å². The van der Waals surface area contributed by atoms with Crippen LogP contribution >= 0.6 is 0 Å². The second kappa shape index (κ2) is 16.1. The topological polar surface area (TPSA) is 9.72 Å². The number of para-hydroxylation sites is 3. The van der Waals surface area contributed by atoms with Gasteiger partial charge in [-0.15, -0.1) is 0 Å². The van der Waals surface area contributed by atoms with Gasteiger partial charge >= 0.3 is 0 Å². The van der Waals surface area contributed by atoms with Crippen LogP contribution in [0.3, 0.4) is 0 Å². The van der Waals surface area contributed by atoms with Crippen LogP contribution in [0.15, 0.2) is 224 Å². The van der Waals surface area contributed by atoms with E-state index in [1.165, 1.54) is 44.5 Å². The first-order valence-corrected chi connectivity index (χ1v) is 21.5. The number of hydrogen-bond acceptors (Lipinski definition) is 3. The molecule has 0 spiro atoms. The van der Waals surface area contributed by atoms with Crippen molar-refractivity contribution in [1.82, 2.24) is 0 Å². The molecule has 0 amide bonds. The molecule has 1 aliphatic rings. The Morgan fingerprint density at radius 2 is 0.565 bits per heavy atom. The highest BCUT2D eigenvalue weighted by Gasteiger charge is 2.46. The molecule has 0 saturated carbocycles. The van der Waals surface area contributed by atoms with Crippen molar-refractivity contribution in [3.8, 4) is 0 Å². The van der Waals surface area contributed by atoms with Gasteiger partial charge in [0.2, 0.25) is 0 Å². The molecule has 0 fully saturated rings. The van der Waals surface area contributed by atoms with Crippen LogP contribution in [0.1, 0.15) is 44.5 Å². The summed E-state index contributed by atoms with van der Waals surface area (Å²) in [6.07, 6.45) is 0. The Balaban J connectivity index is 1.19. The van der Waals surface area contributed by atoms with Crippen LogP contribution in [0.4, 0.5) is 51.2 Å². The third-order valence-electron chi connectivity index (χ3n) is 12.4. The standard InChI is InChI=1S/C59H49N3/c1-42-18-30-49(31-19-42)60(50-32-20-43(2)21-33-50)53-38-26-46(27-39-53)59(55-14-8-10-16-57(55)62(48-12-6-5-7-13-48)58-17-11-9-15-56(58)59)47-28-40-54(41-29-47)61(51-34-22-44(3)23-35-51)52-36-24-45(4)25-37-52/h5-41H,1-4H3. The van der Waals surface area contributed by atoms with E-state index in [1.807, 2.05) is 0 Å². The van der Waals surface area contributed by atoms with Crippen LogP contribution in [0.25, 0.3) is 0 Å². The Bertz CT molecular complexity index is 2670. The molecule has 0 aliphatic carbocycles. The molecule has 300 valence electrons. The third-order valence-corrected chi connectivity index (χ3v) is 12.4. The summed E-state index contributed by atoms with van der Waals surface area (Å²) < 4.78 is 0. The fourth-order valence-electron chi connectivity index (χ4n) is 9.28. The molecule has 0 saturated heterocycles. The van der Waals surface area contributed by atoms with Crippen molar-refractivity contribution in [2.45, 2.75) is 33.1 Å². The summed E-state index contributed by atoms with van der Waals surface area (Å²) in [5.74, 6) is 0. The Hall–Kier alpha value is -7.62. The first-order chi connectivity index (χ1) is 30.4. The summed E-state index contributed by atoms with van der Waals surface area (Å²) in [7, 11) is 0. The van der Waals surface area contributed by atoms with Gasteiger partial charge in [0.1, 0.15) is 0 Å². The van der Waals surface area contributed by atoms with Gasteiger partial charge in [-0.1, -0.05) is 150 Å². The van der Waals surface area contributed by atoms with Crippen molar-refractivity contribution in [3.63, 3.8) is 0 Å². The zero-order valence-corrected chi connectivity index (χ0v) is 35.7. The van der Waals surface area contributed by atoms with Gasteiger partial charge < -0.3 is 14.7 Å². The highest BCUT2D eigenvalue weighted by Crippen LogP contribution is 2.58. The van der Waals surface area contributed by atoms with Gasteiger partial charge in [-0.05, 0) is 147 Å². The zero-order valence-electron chi connectivity index (χ0n) is 35.7. The van der Waals surface area contributed by atoms with E-state index in [-0.39, 0.29) is 0 Å². The van der Waals surface area contributed by atoms with E-state index in [1.54, 1.807) is 0 Å². The van der Waals surface area contributed by atoms with Gasteiger partial charge in [-0.25, -0.2) is 0 Å². The van der Waals surface area contributed by atoms with Crippen molar-refractivity contribution in [3.05, 3.63) is 269 Å². The minimum atomic E-state index is -0.660. The number of hydrogen-bond donors (Lipinski definition) is 0. The number of anilines is 9. The third kappa shape index (κ3) is 6.82. The molecular weight excluding hydrogens is 751 g/mol. The van der Waals surface area contributed by atoms with E-state index in [4.69, 9.17) is 0 Å². The molecule has 10 rings (SSSR count). The molecule has 62 heavy (non-hydrogen) atoms. The molecule has 3 heteroatoms. The van der Waals surface area contributed by atoms with E-state index in [9.17, 15) is 0 Å². The Morgan fingerprint density at radius 3 is 0.887 bits per heavy atom. The number of fused-ring (bicyclic) bond motifs is 2. The lowest BCUT2D eigenvalue weighted by atomic mass is 9.62. The lowest BCUT2D eigenvalue weighted by molar-refractivity contribution is 0.731. The van der Waals surface area contributed by atoms with E-state index < -0.39 is 5.41 Å². The minimum Gasteiger partial charge on any atom is -0.311 e. The first kappa shape index (κ1) is 38.6. The molecule has 0 unspecified atom stereocenters. The van der Waals surface area contributed by atoms with Gasteiger partial charge in [0.25, 0.3) is 0 Å². The van der Waals surface area contributed by atoms with Crippen LogP contribution < -0.4 is 14.7 Å². The van der Waals surface area contributed by atoms with E-state index in [0.717, 1.165) is 51.2 Å². The lowest BCUT2D eigenvalue weighted by Crippen LogP contribution is -2.37. The molecule has 1 heterocycles. The lowest BCUT2D eigenvalue weighted by Gasteiger charge is -2.46. The number of nitrogens with zero attached hydrogens (tertiary/aromatic N) is 3. The molecule has 0 N–H and O–H groups in total. The van der Waals surface area contributed by atoms with Gasteiger partial charge in [0, 0.05) is 39.8 Å². The highest BCUT2D eigenvalue weighted by molar-refractivity contribution is 5.90. The second-order valence-electron chi connectivity index (χ2n) is 16.6. The van der Waals surface area contributed by atoms with E-state index in [2.05, 4.69) is 267 Å². The maximum atomic E-state index is 2.43. The fourth-order valence-corrected chi connectivity index (χ4v) is 9.28. The summed E-state index contributed by atoms with van der Waals surface area (Å²) in [5, 5.41) is 0. The molecular formula is C59H49N3. The van der Waals surface area contributed by atoms with Crippen molar-refractivity contribution >= 4 is 51.2 Å². The van der Waals surface area contributed by atoms with Crippen LogP contribution in [0.5, 0.6) is 0 Å². The first-order valence-electron chi connectivity index (χ1n) is 21.5. The normalized spacial score (nSPS) is 12.6. The Kier molecular flexibility index (Phi) is 10.0. The predicted molar refractivity (Wildman–Crippen MR) is 261 cm³/mol. The fraction of sp³-hybridized carbons (Fsp3) is 0.0847. The summed E-state index contributed by atoms with van der Waals surface area (Å²) in [6.45, 7) is 8.56. The van der Waals surface area contributed by atoms with Crippen LogP contribution in [0, 0.1) is 27.7 Å². The second-order valence-corrected chi connectivity index (χ2v) is 16.6. The minimum absolute atomic E-state index is 0.660. The van der Waals surface area contributed by atoms with Gasteiger partial charge in [0.05, 0.1) is 16.8 Å². The maximum absolute atomic E-state index is 2.43. The maximum Gasteiger partial charge on any atom is 0.0742 e. The average molecular weight is 800 g/mol. The van der Waals surface area contributed by atoms with Crippen LogP contribution in [0.2, 0.25) is 0 Å². The van der Waals surface area contributed by atoms with Crippen molar-refractivity contribution in [2.75, 3.05) is 14.7 Å². The number of rotatable bonds is 9. The summed E-state index contributed by atoms with van der Waals surface area (Å²) >= 11 is 0. The summed E-state index contributed by atoms with van der Waals surface area (Å²) in [6, 6.07) is 82.6. The van der Waals surface area contributed by atoms with Gasteiger partial charge in [0.15, 0.2) is 0 Å². The Morgan fingerprint density at radius 1 is 0.290 bits per heavy atom. The molecule has 1 aliphatic heterocycles. The van der Waals surface area contributed by atoms with Crippen molar-refractivity contribution in [1.29, 1.82) is 0 Å². The van der Waals surface area contributed by atoms with E-state index in [0.29, 0.717) is 0 Å². The summed E-state index contributed by atoms with van der Waals surface area (Å²) in [4.78, 5) is 7.14. The largest absolute Gasteiger partial charge is 0.311 e.